The quantitative estimate of drug-likeness (QED) is 0.495. The van der Waals surface area contributed by atoms with Crippen molar-refractivity contribution < 1.29 is 4.79 Å². The van der Waals surface area contributed by atoms with Gasteiger partial charge < -0.3 is 4.90 Å². The highest BCUT2D eigenvalue weighted by Gasteiger charge is 2.21. The Kier molecular flexibility index (Phi) is 5.31. The number of nitrogens with zero attached hydrogens (tertiary/aromatic N) is 3. The number of hydrogen-bond acceptors (Lipinski definition) is 5. The molecule has 0 N–H and O–H groups in total. The van der Waals surface area contributed by atoms with Gasteiger partial charge in [0.05, 0.1) is 16.8 Å². The molecule has 27 heavy (non-hydrogen) atoms. The van der Waals surface area contributed by atoms with Crippen LogP contribution in [0, 0.1) is 5.92 Å². The van der Waals surface area contributed by atoms with E-state index in [1.807, 2.05) is 46.7 Å². The first kappa shape index (κ1) is 18.3. The summed E-state index contributed by atoms with van der Waals surface area (Å²) in [6, 6.07) is 11.3. The van der Waals surface area contributed by atoms with Crippen LogP contribution in [0.1, 0.15) is 19.8 Å². The van der Waals surface area contributed by atoms with E-state index in [0.717, 1.165) is 31.6 Å². The molecule has 1 aliphatic rings. The maximum Gasteiger partial charge on any atom is 0.267 e. The zero-order valence-corrected chi connectivity index (χ0v) is 16.8. The molecule has 7 heteroatoms. The molecule has 3 heterocycles. The zero-order valence-electron chi connectivity index (χ0n) is 15.1. The van der Waals surface area contributed by atoms with E-state index in [2.05, 4.69) is 11.9 Å². The smallest absolute Gasteiger partial charge is 0.267 e. The van der Waals surface area contributed by atoms with Gasteiger partial charge in [-0.15, -0.1) is 11.3 Å². The Morgan fingerprint density at radius 3 is 2.70 bits per heavy atom. The van der Waals surface area contributed by atoms with Gasteiger partial charge in [-0.1, -0.05) is 36.9 Å². The van der Waals surface area contributed by atoms with Crippen molar-refractivity contribution in [2.75, 3.05) is 18.8 Å². The second kappa shape index (κ2) is 7.86. The Morgan fingerprint density at radius 2 is 1.96 bits per heavy atom. The number of carbonyl (C=O) groups excluding carboxylic acids is 1. The number of likely N-dealkylation sites (tertiary alicyclic amines) is 1. The van der Waals surface area contributed by atoms with Crippen molar-refractivity contribution in [2.45, 2.75) is 24.9 Å². The first-order valence-electron chi connectivity index (χ1n) is 9.10. The largest absolute Gasteiger partial charge is 0.342 e. The van der Waals surface area contributed by atoms with Crippen molar-refractivity contribution >= 4 is 39.2 Å². The topological polar surface area (TPSA) is 55.2 Å². The molecule has 1 amide bonds. The molecule has 2 aromatic heterocycles. The molecular weight excluding hydrogens is 378 g/mol. The van der Waals surface area contributed by atoms with Gasteiger partial charge in [-0.3, -0.25) is 14.2 Å². The Balaban J connectivity index is 1.63. The lowest BCUT2D eigenvalue weighted by atomic mass is 9.99. The highest BCUT2D eigenvalue weighted by atomic mass is 32.2. The van der Waals surface area contributed by atoms with E-state index in [1.165, 1.54) is 23.1 Å². The molecule has 1 aliphatic heterocycles. The second-order valence-corrected chi connectivity index (χ2v) is 8.70. The third kappa shape index (κ3) is 3.80. The molecule has 0 atom stereocenters. The number of para-hydroxylation sites is 1. The highest BCUT2D eigenvalue weighted by molar-refractivity contribution is 7.99. The number of piperidine rings is 1. The molecule has 0 saturated carbocycles. The predicted octanol–water partition coefficient (Wildman–Crippen LogP) is 3.80. The first-order valence-corrected chi connectivity index (χ1v) is 11.0. The SMILES string of the molecule is CC1CCN(C(=O)CSc2nc3sccc3c(=O)n2-c2ccccc2)CC1. The molecule has 0 unspecified atom stereocenters. The van der Waals surface area contributed by atoms with E-state index in [1.54, 1.807) is 4.57 Å². The van der Waals surface area contributed by atoms with Crippen molar-refractivity contribution in [2.24, 2.45) is 5.92 Å². The Labute approximate surface area is 166 Å². The van der Waals surface area contributed by atoms with Gasteiger partial charge in [-0.2, -0.15) is 0 Å². The first-order chi connectivity index (χ1) is 13.1. The number of fused-ring (bicyclic) bond motifs is 1. The van der Waals surface area contributed by atoms with Crippen molar-refractivity contribution in [3.05, 3.63) is 52.1 Å². The summed E-state index contributed by atoms with van der Waals surface area (Å²) in [5, 5.41) is 3.06. The molecule has 140 valence electrons. The van der Waals surface area contributed by atoms with Gasteiger partial charge in [-0.25, -0.2) is 4.98 Å². The molecule has 3 aromatic rings. The fourth-order valence-corrected chi connectivity index (χ4v) is 4.99. The summed E-state index contributed by atoms with van der Waals surface area (Å²) in [4.78, 5) is 33.0. The average Bonchev–Trinajstić information content (AvgIpc) is 3.16. The maximum atomic E-state index is 13.0. The highest BCUT2D eigenvalue weighted by Crippen LogP contribution is 2.25. The molecule has 0 bridgehead atoms. The number of benzene rings is 1. The minimum absolute atomic E-state index is 0.0887. The van der Waals surface area contributed by atoms with Crippen molar-refractivity contribution in [3.63, 3.8) is 0 Å². The van der Waals surface area contributed by atoms with Crippen LogP contribution >= 0.6 is 23.1 Å². The standard InChI is InChI=1S/C20H21N3O2S2/c1-14-7-10-22(11-8-14)17(24)13-27-20-21-18-16(9-12-26-18)19(25)23(20)15-5-3-2-4-6-15/h2-6,9,12,14H,7-8,10-11,13H2,1H3. The lowest BCUT2D eigenvalue weighted by Crippen LogP contribution is -2.39. The molecule has 1 aromatic carbocycles. The number of thioether (sulfide) groups is 1. The molecule has 0 spiro atoms. The van der Waals surface area contributed by atoms with E-state index in [4.69, 9.17) is 0 Å². The molecule has 0 radical (unpaired) electrons. The minimum Gasteiger partial charge on any atom is -0.342 e. The summed E-state index contributed by atoms with van der Waals surface area (Å²) in [5.74, 6) is 1.10. The van der Waals surface area contributed by atoms with Gasteiger partial charge in [-0.05, 0) is 42.3 Å². The minimum atomic E-state index is -0.0887. The van der Waals surface area contributed by atoms with E-state index in [9.17, 15) is 9.59 Å². The summed E-state index contributed by atoms with van der Waals surface area (Å²) < 4.78 is 1.62. The number of thiophene rings is 1. The van der Waals surface area contributed by atoms with E-state index >= 15 is 0 Å². The maximum absolute atomic E-state index is 13.0. The Hall–Kier alpha value is -2.12. The van der Waals surface area contributed by atoms with Gasteiger partial charge in [0.1, 0.15) is 4.83 Å². The van der Waals surface area contributed by atoms with Gasteiger partial charge in [0.15, 0.2) is 5.16 Å². The van der Waals surface area contributed by atoms with Crippen molar-refractivity contribution in [3.8, 4) is 5.69 Å². The number of carbonyl (C=O) groups is 1. The third-order valence-corrected chi connectivity index (χ3v) is 6.67. The van der Waals surface area contributed by atoms with Gasteiger partial charge in [0.2, 0.25) is 5.91 Å². The van der Waals surface area contributed by atoms with E-state index in [-0.39, 0.29) is 11.5 Å². The number of aromatic nitrogens is 2. The molecule has 0 aliphatic carbocycles. The van der Waals surface area contributed by atoms with Crippen LogP contribution in [0.15, 0.2) is 51.7 Å². The van der Waals surface area contributed by atoms with Crippen LogP contribution in [0.25, 0.3) is 15.9 Å². The third-order valence-electron chi connectivity index (χ3n) is 4.94. The zero-order chi connectivity index (χ0) is 18.8. The molecular formula is C20H21N3O2S2. The lowest BCUT2D eigenvalue weighted by molar-refractivity contribution is -0.129. The summed E-state index contributed by atoms with van der Waals surface area (Å²) in [6.07, 6.45) is 2.12. The number of hydrogen-bond donors (Lipinski definition) is 0. The fourth-order valence-electron chi connectivity index (χ4n) is 3.27. The summed E-state index contributed by atoms with van der Waals surface area (Å²) >= 11 is 2.79. The molecule has 1 fully saturated rings. The summed E-state index contributed by atoms with van der Waals surface area (Å²) in [6.45, 7) is 3.88. The molecule has 4 rings (SSSR count). The summed E-state index contributed by atoms with van der Waals surface area (Å²) in [5.41, 5.74) is 0.680. The Bertz CT molecular complexity index is 1000. The van der Waals surface area contributed by atoms with Gasteiger partial charge in [0.25, 0.3) is 5.56 Å². The van der Waals surface area contributed by atoms with Crippen LogP contribution in [-0.4, -0.2) is 39.2 Å². The van der Waals surface area contributed by atoms with Crippen LogP contribution in [0.5, 0.6) is 0 Å². The number of amides is 1. The summed E-state index contributed by atoms with van der Waals surface area (Å²) in [7, 11) is 0. The second-order valence-electron chi connectivity index (χ2n) is 6.86. The van der Waals surface area contributed by atoms with Crippen LogP contribution in [0.2, 0.25) is 0 Å². The van der Waals surface area contributed by atoms with Crippen LogP contribution < -0.4 is 5.56 Å². The lowest BCUT2D eigenvalue weighted by Gasteiger charge is -2.30. The van der Waals surface area contributed by atoms with Gasteiger partial charge >= 0.3 is 0 Å². The monoisotopic (exact) mass is 399 g/mol. The molecule has 5 nitrogen and oxygen atoms in total. The van der Waals surface area contributed by atoms with Crippen molar-refractivity contribution in [1.29, 1.82) is 0 Å². The van der Waals surface area contributed by atoms with Gasteiger partial charge in [0, 0.05) is 13.1 Å². The number of rotatable bonds is 4. The normalized spacial score (nSPS) is 15.4. The Morgan fingerprint density at radius 1 is 1.22 bits per heavy atom. The average molecular weight is 400 g/mol. The molecule has 1 saturated heterocycles. The predicted molar refractivity (Wildman–Crippen MR) is 111 cm³/mol. The van der Waals surface area contributed by atoms with Crippen LogP contribution in [0.3, 0.4) is 0 Å². The van der Waals surface area contributed by atoms with E-state index < -0.39 is 0 Å². The van der Waals surface area contributed by atoms with Crippen molar-refractivity contribution in [1.82, 2.24) is 14.5 Å². The van der Waals surface area contributed by atoms with Crippen LogP contribution in [0.4, 0.5) is 0 Å². The fraction of sp³-hybridized carbons (Fsp3) is 0.350. The van der Waals surface area contributed by atoms with E-state index in [0.29, 0.717) is 27.0 Å². The van der Waals surface area contributed by atoms with Crippen LogP contribution in [-0.2, 0) is 4.79 Å².